The van der Waals surface area contributed by atoms with Crippen LogP contribution in [0.25, 0.3) is 0 Å². The lowest BCUT2D eigenvalue weighted by molar-refractivity contribution is -0.125. The van der Waals surface area contributed by atoms with Gasteiger partial charge in [-0.3, -0.25) is 4.79 Å². The maximum Gasteiger partial charge on any atom is 0.335 e. The van der Waals surface area contributed by atoms with Crippen molar-refractivity contribution in [3.63, 3.8) is 0 Å². The van der Waals surface area contributed by atoms with E-state index in [1.54, 1.807) is 25.1 Å². The molecule has 0 bridgehead atoms. The van der Waals surface area contributed by atoms with Gasteiger partial charge in [0.1, 0.15) is 0 Å². The molecular formula is C20H20ClNO4. The zero-order chi connectivity index (χ0) is 18.7. The second-order valence-corrected chi connectivity index (χ2v) is 6.93. The van der Waals surface area contributed by atoms with Crippen LogP contribution in [0.2, 0.25) is 5.02 Å². The maximum atomic E-state index is 13.2. The van der Waals surface area contributed by atoms with E-state index >= 15 is 0 Å². The van der Waals surface area contributed by atoms with Crippen LogP contribution >= 0.6 is 11.6 Å². The van der Waals surface area contributed by atoms with E-state index in [-0.39, 0.29) is 11.5 Å². The highest BCUT2D eigenvalue weighted by Gasteiger charge is 2.41. The molecule has 2 N–H and O–H groups in total. The number of carbonyl (C=O) groups is 2. The number of halogens is 1. The number of hydrogen-bond donors (Lipinski definition) is 2. The van der Waals surface area contributed by atoms with Crippen molar-refractivity contribution in [1.29, 1.82) is 0 Å². The summed E-state index contributed by atoms with van der Waals surface area (Å²) in [6.07, 6.45) is 1.12. The number of rotatable bonds is 4. The third-order valence-corrected chi connectivity index (χ3v) is 5.11. The number of carboxylic acids is 1. The lowest BCUT2D eigenvalue weighted by Crippen LogP contribution is -2.44. The van der Waals surface area contributed by atoms with Crippen LogP contribution < -0.4 is 5.32 Å². The van der Waals surface area contributed by atoms with Gasteiger partial charge in [-0.2, -0.15) is 0 Å². The van der Waals surface area contributed by atoms with Crippen molar-refractivity contribution >= 4 is 29.2 Å². The number of carbonyl (C=O) groups excluding carboxylic acids is 1. The average molecular weight is 374 g/mol. The summed E-state index contributed by atoms with van der Waals surface area (Å²) in [6.45, 7) is 2.70. The zero-order valence-electron chi connectivity index (χ0n) is 14.4. The van der Waals surface area contributed by atoms with E-state index in [1.165, 1.54) is 6.07 Å². The van der Waals surface area contributed by atoms with Gasteiger partial charge in [-0.15, -0.1) is 0 Å². The normalized spacial score (nSPS) is 16.1. The van der Waals surface area contributed by atoms with Gasteiger partial charge >= 0.3 is 5.97 Å². The number of ether oxygens (including phenoxy) is 1. The topological polar surface area (TPSA) is 75.6 Å². The Hall–Kier alpha value is -2.37. The average Bonchev–Trinajstić information content (AvgIpc) is 2.62. The Morgan fingerprint density at radius 3 is 2.50 bits per heavy atom. The molecule has 26 heavy (non-hydrogen) atoms. The van der Waals surface area contributed by atoms with Crippen molar-refractivity contribution in [2.24, 2.45) is 0 Å². The zero-order valence-corrected chi connectivity index (χ0v) is 15.2. The van der Waals surface area contributed by atoms with Crippen LogP contribution in [0.3, 0.4) is 0 Å². The molecule has 2 aromatic rings. The molecule has 1 aliphatic rings. The highest BCUT2D eigenvalue weighted by molar-refractivity contribution is 6.30. The molecule has 0 atom stereocenters. The van der Waals surface area contributed by atoms with Crippen molar-refractivity contribution in [2.75, 3.05) is 18.5 Å². The van der Waals surface area contributed by atoms with Crippen molar-refractivity contribution in [2.45, 2.75) is 25.2 Å². The summed E-state index contributed by atoms with van der Waals surface area (Å²) in [5.74, 6) is -1.12. The van der Waals surface area contributed by atoms with E-state index in [0.717, 1.165) is 5.56 Å². The third-order valence-electron chi connectivity index (χ3n) is 4.87. The molecule has 0 spiro atoms. The molecule has 0 saturated carbocycles. The number of aromatic carboxylic acids is 1. The summed E-state index contributed by atoms with van der Waals surface area (Å²) in [5.41, 5.74) is 1.54. The molecule has 6 heteroatoms. The minimum Gasteiger partial charge on any atom is -0.478 e. The molecular weight excluding hydrogens is 354 g/mol. The molecule has 2 aromatic carbocycles. The first-order valence-electron chi connectivity index (χ1n) is 8.41. The van der Waals surface area contributed by atoms with E-state index in [1.807, 2.05) is 18.2 Å². The monoisotopic (exact) mass is 373 g/mol. The van der Waals surface area contributed by atoms with Gasteiger partial charge in [-0.1, -0.05) is 23.7 Å². The summed E-state index contributed by atoms with van der Waals surface area (Å²) < 4.78 is 5.46. The summed E-state index contributed by atoms with van der Waals surface area (Å²) >= 11 is 6.14. The molecule has 3 rings (SSSR count). The van der Waals surface area contributed by atoms with E-state index in [9.17, 15) is 9.59 Å². The molecule has 1 fully saturated rings. The van der Waals surface area contributed by atoms with Crippen LogP contribution in [-0.4, -0.2) is 30.2 Å². The number of carboxylic acid groups (broad SMARTS) is 1. The first-order chi connectivity index (χ1) is 12.4. The van der Waals surface area contributed by atoms with Crippen LogP contribution in [0.4, 0.5) is 5.69 Å². The molecule has 5 nitrogen and oxygen atoms in total. The van der Waals surface area contributed by atoms with E-state index in [0.29, 0.717) is 42.3 Å². The minimum absolute atomic E-state index is 0.134. The van der Waals surface area contributed by atoms with Gasteiger partial charge in [0, 0.05) is 23.9 Å². The van der Waals surface area contributed by atoms with E-state index < -0.39 is 11.4 Å². The molecule has 0 unspecified atom stereocenters. The minimum atomic E-state index is -0.986. The highest BCUT2D eigenvalue weighted by Crippen LogP contribution is 2.37. The number of amides is 1. The smallest absolute Gasteiger partial charge is 0.335 e. The molecule has 0 aromatic heterocycles. The van der Waals surface area contributed by atoms with Crippen LogP contribution in [0.15, 0.2) is 42.5 Å². The third kappa shape index (κ3) is 3.59. The van der Waals surface area contributed by atoms with Gasteiger partial charge in [-0.05, 0) is 61.2 Å². The second-order valence-electron chi connectivity index (χ2n) is 6.49. The van der Waals surface area contributed by atoms with Gasteiger partial charge in [0.15, 0.2) is 0 Å². The summed E-state index contributed by atoms with van der Waals surface area (Å²) in [4.78, 5) is 24.4. The predicted molar refractivity (Wildman–Crippen MR) is 100.0 cm³/mol. The van der Waals surface area contributed by atoms with Crippen LogP contribution in [0.1, 0.15) is 34.3 Å². The number of benzene rings is 2. The van der Waals surface area contributed by atoms with Gasteiger partial charge in [-0.25, -0.2) is 4.79 Å². The van der Waals surface area contributed by atoms with Crippen LogP contribution in [-0.2, 0) is 14.9 Å². The second kappa shape index (κ2) is 7.48. The Morgan fingerprint density at radius 2 is 1.88 bits per heavy atom. The summed E-state index contributed by atoms with van der Waals surface area (Å²) in [5, 5.41) is 12.7. The number of anilines is 1. The largest absolute Gasteiger partial charge is 0.478 e. The van der Waals surface area contributed by atoms with Crippen molar-refractivity contribution < 1.29 is 19.4 Å². The van der Waals surface area contributed by atoms with Gasteiger partial charge < -0.3 is 15.2 Å². The van der Waals surface area contributed by atoms with Crippen molar-refractivity contribution in [3.8, 4) is 0 Å². The Labute approximate surface area is 156 Å². The molecule has 1 saturated heterocycles. The van der Waals surface area contributed by atoms with Crippen molar-refractivity contribution in [3.05, 3.63) is 64.2 Å². The van der Waals surface area contributed by atoms with Gasteiger partial charge in [0.05, 0.1) is 11.0 Å². The highest BCUT2D eigenvalue weighted by atomic mass is 35.5. The van der Waals surface area contributed by atoms with Gasteiger partial charge in [0.2, 0.25) is 5.91 Å². The Bertz CT molecular complexity index is 843. The molecule has 1 aliphatic heterocycles. The van der Waals surface area contributed by atoms with Crippen LogP contribution in [0, 0.1) is 6.92 Å². The number of aryl methyl sites for hydroxylation is 1. The van der Waals surface area contributed by atoms with Gasteiger partial charge in [0.25, 0.3) is 0 Å². The van der Waals surface area contributed by atoms with E-state index in [2.05, 4.69) is 5.32 Å². The first kappa shape index (κ1) is 18.4. The SMILES string of the molecule is Cc1cc(NC(=O)C2(c3cccc(Cl)c3)CCOCC2)ccc1C(=O)O. The quantitative estimate of drug-likeness (QED) is 0.848. The Balaban J connectivity index is 1.92. The lowest BCUT2D eigenvalue weighted by atomic mass is 9.73. The summed E-state index contributed by atoms with van der Waals surface area (Å²) in [7, 11) is 0. The number of hydrogen-bond acceptors (Lipinski definition) is 3. The standard InChI is InChI=1S/C20H20ClNO4/c1-13-11-16(5-6-17(13)18(23)24)22-19(25)20(7-9-26-10-8-20)14-3-2-4-15(21)12-14/h2-6,11-12H,7-10H2,1H3,(H,22,25)(H,23,24). The maximum absolute atomic E-state index is 13.2. The fourth-order valence-electron chi connectivity index (χ4n) is 3.38. The molecule has 136 valence electrons. The first-order valence-corrected chi connectivity index (χ1v) is 8.79. The fourth-order valence-corrected chi connectivity index (χ4v) is 3.58. The molecule has 1 heterocycles. The lowest BCUT2D eigenvalue weighted by Gasteiger charge is -2.36. The fraction of sp³-hybridized carbons (Fsp3) is 0.300. The molecule has 0 radical (unpaired) electrons. The van der Waals surface area contributed by atoms with Crippen molar-refractivity contribution in [1.82, 2.24) is 0 Å². The van der Waals surface area contributed by atoms with Crippen LogP contribution in [0.5, 0.6) is 0 Å². The Kier molecular flexibility index (Phi) is 5.30. The van der Waals surface area contributed by atoms with E-state index in [4.69, 9.17) is 21.4 Å². The summed E-state index contributed by atoms with van der Waals surface area (Å²) in [6, 6.07) is 12.1. The predicted octanol–water partition coefficient (Wildman–Crippen LogP) is 4.03. The number of nitrogens with one attached hydrogen (secondary N) is 1. The Morgan fingerprint density at radius 1 is 1.15 bits per heavy atom. The molecule has 0 aliphatic carbocycles. The molecule has 1 amide bonds.